The zero-order valence-electron chi connectivity index (χ0n) is 10.2. The summed E-state index contributed by atoms with van der Waals surface area (Å²) in [5, 5.41) is 8.12. The molecule has 3 nitrogen and oxygen atoms in total. The average Bonchev–Trinajstić information content (AvgIpc) is 2.28. The Labute approximate surface area is 112 Å². The molecule has 0 atom stereocenters. The molecule has 0 heterocycles. The quantitative estimate of drug-likeness (QED) is 0.475. The second-order valence-corrected chi connectivity index (χ2v) is 5.21. The molecular weight excluding hydrogens is 254 g/mol. The van der Waals surface area contributed by atoms with Gasteiger partial charge >= 0.3 is 0 Å². The van der Waals surface area contributed by atoms with Crippen molar-refractivity contribution in [1.29, 1.82) is 5.41 Å². The van der Waals surface area contributed by atoms with Gasteiger partial charge in [-0.1, -0.05) is 17.7 Å². The van der Waals surface area contributed by atoms with E-state index in [0.29, 0.717) is 10.6 Å². The lowest BCUT2D eigenvalue weighted by Crippen LogP contribution is -2.24. The summed E-state index contributed by atoms with van der Waals surface area (Å²) < 4.78 is 0. The Bertz CT molecular complexity index is 395. The van der Waals surface area contributed by atoms with Crippen LogP contribution in [-0.2, 0) is 0 Å². The van der Waals surface area contributed by atoms with Crippen molar-refractivity contribution in [2.45, 2.75) is 6.42 Å². The number of nitrogens with one attached hydrogen (secondary N) is 1. The van der Waals surface area contributed by atoms with Gasteiger partial charge in [-0.15, -0.1) is 0 Å². The lowest BCUT2D eigenvalue weighted by Gasteiger charge is -2.22. The maximum Gasteiger partial charge on any atom is 0.126 e. The van der Waals surface area contributed by atoms with Crippen LogP contribution < -0.4 is 10.6 Å². The first-order valence-corrected chi connectivity index (χ1v) is 7.18. The second kappa shape index (κ2) is 6.77. The first-order chi connectivity index (χ1) is 8.07. The Hall–Kier alpha value is -0.870. The molecule has 3 N–H and O–H groups in total. The monoisotopic (exact) mass is 271 g/mol. The topological polar surface area (TPSA) is 53.1 Å². The number of halogens is 1. The molecule has 5 heteroatoms. The van der Waals surface area contributed by atoms with Crippen molar-refractivity contribution in [2.24, 2.45) is 5.73 Å². The van der Waals surface area contributed by atoms with Crippen LogP contribution in [0.15, 0.2) is 18.2 Å². The normalized spacial score (nSPS) is 10.3. The fourth-order valence-electron chi connectivity index (χ4n) is 1.66. The van der Waals surface area contributed by atoms with Gasteiger partial charge in [0, 0.05) is 19.3 Å². The van der Waals surface area contributed by atoms with Crippen molar-refractivity contribution < 1.29 is 0 Å². The second-order valence-electron chi connectivity index (χ2n) is 3.82. The number of nitrogen functional groups attached to an aromatic ring is 1. The minimum atomic E-state index is 0.0160. The van der Waals surface area contributed by atoms with Gasteiger partial charge in [-0.05, 0) is 30.6 Å². The molecule has 1 rings (SSSR count). The largest absolute Gasteiger partial charge is 0.384 e. The van der Waals surface area contributed by atoms with Crippen LogP contribution in [0.25, 0.3) is 0 Å². The number of rotatable bonds is 6. The molecule has 0 unspecified atom stereocenters. The first-order valence-electron chi connectivity index (χ1n) is 5.41. The number of amidine groups is 1. The van der Waals surface area contributed by atoms with Gasteiger partial charge in [-0.25, -0.2) is 0 Å². The number of nitrogens with zero attached hydrogens (tertiary/aromatic N) is 1. The van der Waals surface area contributed by atoms with Crippen LogP contribution in [0.2, 0.25) is 5.02 Å². The van der Waals surface area contributed by atoms with Gasteiger partial charge in [0.1, 0.15) is 5.84 Å². The molecule has 1 aromatic rings. The predicted molar refractivity (Wildman–Crippen MR) is 78.7 cm³/mol. The Morgan fingerprint density at radius 1 is 1.53 bits per heavy atom. The molecule has 0 amide bonds. The van der Waals surface area contributed by atoms with Crippen molar-refractivity contribution >= 4 is 34.9 Å². The van der Waals surface area contributed by atoms with Crippen LogP contribution >= 0.6 is 23.4 Å². The van der Waals surface area contributed by atoms with Gasteiger partial charge in [0.15, 0.2) is 0 Å². The van der Waals surface area contributed by atoms with Gasteiger partial charge < -0.3 is 10.6 Å². The van der Waals surface area contributed by atoms with Gasteiger partial charge in [0.2, 0.25) is 0 Å². The third-order valence-corrected chi connectivity index (χ3v) is 3.53. The lowest BCUT2D eigenvalue weighted by molar-refractivity contribution is 0.859. The van der Waals surface area contributed by atoms with Crippen molar-refractivity contribution in [1.82, 2.24) is 0 Å². The molecule has 0 saturated carbocycles. The first kappa shape index (κ1) is 14.2. The summed E-state index contributed by atoms with van der Waals surface area (Å²) in [6.07, 6.45) is 3.20. The molecule has 94 valence electrons. The van der Waals surface area contributed by atoms with E-state index in [-0.39, 0.29) is 5.84 Å². The van der Waals surface area contributed by atoms with E-state index in [0.717, 1.165) is 24.4 Å². The van der Waals surface area contributed by atoms with Gasteiger partial charge in [-0.2, -0.15) is 11.8 Å². The highest BCUT2D eigenvalue weighted by molar-refractivity contribution is 7.98. The summed E-state index contributed by atoms with van der Waals surface area (Å²) in [7, 11) is 2.00. The van der Waals surface area contributed by atoms with Gasteiger partial charge in [0.05, 0.1) is 10.6 Å². The average molecular weight is 272 g/mol. The Balaban J connectivity index is 2.89. The van der Waals surface area contributed by atoms with E-state index in [1.807, 2.05) is 30.9 Å². The molecular formula is C12H18ClN3S. The minimum absolute atomic E-state index is 0.0160. The summed E-state index contributed by atoms with van der Waals surface area (Å²) in [6.45, 7) is 0.932. The molecule has 0 radical (unpaired) electrons. The molecule has 17 heavy (non-hydrogen) atoms. The van der Waals surface area contributed by atoms with Crippen LogP contribution in [-0.4, -0.2) is 31.4 Å². The van der Waals surface area contributed by atoms with Crippen molar-refractivity contribution in [3.05, 3.63) is 28.8 Å². The van der Waals surface area contributed by atoms with Crippen LogP contribution in [0.4, 0.5) is 5.69 Å². The standard InChI is InChI=1S/C12H18ClN3S/c1-16(7-4-8-17-2)10-6-3-5-9(13)11(10)12(14)15/h3,5-6H,4,7-8H2,1-2H3,(H3,14,15). The highest BCUT2D eigenvalue weighted by Gasteiger charge is 2.12. The van der Waals surface area contributed by atoms with E-state index in [9.17, 15) is 0 Å². The van der Waals surface area contributed by atoms with Crippen LogP contribution in [0.3, 0.4) is 0 Å². The Morgan fingerprint density at radius 3 is 2.82 bits per heavy atom. The Morgan fingerprint density at radius 2 is 2.24 bits per heavy atom. The van der Waals surface area contributed by atoms with Crippen LogP contribution in [0.5, 0.6) is 0 Å². The number of thioether (sulfide) groups is 1. The van der Waals surface area contributed by atoms with Crippen LogP contribution in [0.1, 0.15) is 12.0 Å². The smallest absolute Gasteiger partial charge is 0.126 e. The van der Waals surface area contributed by atoms with E-state index >= 15 is 0 Å². The molecule has 0 aliphatic heterocycles. The predicted octanol–water partition coefficient (Wildman–Crippen LogP) is 2.81. The van der Waals surface area contributed by atoms with E-state index in [1.165, 1.54) is 0 Å². The molecule has 0 aromatic heterocycles. The molecule has 0 bridgehead atoms. The highest BCUT2D eigenvalue weighted by atomic mass is 35.5. The number of benzene rings is 1. The van der Waals surface area contributed by atoms with Gasteiger partial charge in [-0.3, -0.25) is 5.41 Å². The fraction of sp³-hybridized carbons (Fsp3) is 0.417. The zero-order chi connectivity index (χ0) is 12.8. The summed E-state index contributed by atoms with van der Waals surface area (Å²) in [5.74, 6) is 1.14. The third-order valence-electron chi connectivity index (χ3n) is 2.51. The van der Waals surface area contributed by atoms with Crippen molar-refractivity contribution in [3.8, 4) is 0 Å². The maximum absolute atomic E-state index is 7.59. The minimum Gasteiger partial charge on any atom is -0.384 e. The van der Waals surface area contributed by atoms with Gasteiger partial charge in [0.25, 0.3) is 0 Å². The number of anilines is 1. The summed E-state index contributed by atoms with van der Waals surface area (Å²) in [5.41, 5.74) is 7.12. The summed E-state index contributed by atoms with van der Waals surface area (Å²) >= 11 is 7.91. The number of nitrogens with two attached hydrogens (primary N) is 1. The third kappa shape index (κ3) is 3.82. The van der Waals surface area contributed by atoms with Crippen LogP contribution in [0, 0.1) is 5.41 Å². The Kier molecular flexibility index (Phi) is 5.65. The van der Waals surface area contributed by atoms with E-state index in [1.54, 1.807) is 6.07 Å². The summed E-state index contributed by atoms with van der Waals surface area (Å²) in [6, 6.07) is 5.59. The molecule has 0 aliphatic rings. The number of hydrogen-bond donors (Lipinski definition) is 2. The molecule has 0 spiro atoms. The van der Waals surface area contributed by atoms with Crippen molar-refractivity contribution in [3.63, 3.8) is 0 Å². The molecule has 0 aliphatic carbocycles. The maximum atomic E-state index is 7.59. The number of hydrogen-bond acceptors (Lipinski definition) is 3. The van der Waals surface area contributed by atoms with E-state index in [2.05, 4.69) is 11.2 Å². The zero-order valence-corrected chi connectivity index (χ0v) is 11.7. The SMILES string of the molecule is CSCCCN(C)c1cccc(Cl)c1C(=N)N. The molecule has 1 aromatic carbocycles. The molecule has 0 saturated heterocycles. The highest BCUT2D eigenvalue weighted by Crippen LogP contribution is 2.26. The fourth-order valence-corrected chi connectivity index (χ4v) is 2.35. The van der Waals surface area contributed by atoms with E-state index < -0.39 is 0 Å². The van der Waals surface area contributed by atoms with Crippen molar-refractivity contribution in [2.75, 3.05) is 30.5 Å². The summed E-state index contributed by atoms with van der Waals surface area (Å²) in [4.78, 5) is 2.10. The van der Waals surface area contributed by atoms with E-state index in [4.69, 9.17) is 22.7 Å². The lowest BCUT2D eigenvalue weighted by atomic mass is 10.1. The molecule has 0 fully saturated rings.